The van der Waals surface area contributed by atoms with E-state index in [2.05, 4.69) is 14.9 Å². The molecule has 0 aliphatic heterocycles. The van der Waals surface area contributed by atoms with Gasteiger partial charge in [-0.25, -0.2) is 4.98 Å². The highest BCUT2D eigenvalue weighted by atomic mass is 32.2. The number of hydrogen-bond donors (Lipinski definition) is 2. The van der Waals surface area contributed by atoms with E-state index in [9.17, 15) is 8.42 Å². The maximum atomic E-state index is 11.0. The standard InChI is InChI=1S/C11H15N3O3S2/c1-14(2)5-6-18-11-12-9-4-3-8(19(15,16)17)7-10(9)13-11/h3-4,7H,5-6H2,1-2H3,(H,12,13)(H,15,16,17). The largest absolute Gasteiger partial charge is 0.333 e. The average Bonchev–Trinajstić information content (AvgIpc) is 2.68. The van der Waals surface area contributed by atoms with Crippen molar-refractivity contribution in [3.05, 3.63) is 18.2 Å². The molecular weight excluding hydrogens is 286 g/mol. The molecule has 2 aromatic rings. The summed E-state index contributed by atoms with van der Waals surface area (Å²) in [6, 6.07) is 4.30. The van der Waals surface area contributed by atoms with Gasteiger partial charge in [-0.2, -0.15) is 8.42 Å². The summed E-state index contributed by atoms with van der Waals surface area (Å²) in [5.74, 6) is 0.887. The molecule has 0 atom stereocenters. The molecule has 0 unspecified atom stereocenters. The smallest absolute Gasteiger partial charge is 0.294 e. The van der Waals surface area contributed by atoms with Crippen molar-refractivity contribution in [3.8, 4) is 0 Å². The molecule has 1 aromatic heterocycles. The monoisotopic (exact) mass is 301 g/mol. The Labute approximate surface area is 116 Å². The first-order valence-corrected chi connectivity index (χ1v) is 8.03. The number of nitrogens with zero attached hydrogens (tertiary/aromatic N) is 2. The second-order valence-electron chi connectivity index (χ2n) is 4.35. The van der Waals surface area contributed by atoms with Gasteiger partial charge in [-0.3, -0.25) is 4.55 Å². The van der Waals surface area contributed by atoms with Crippen LogP contribution in [-0.2, 0) is 10.1 Å². The molecule has 0 saturated carbocycles. The van der Waals surface area contributed by atoms with Crippen molar-refractivity contribution in [2.75, 3.05) is 26.4 Å². The Kier molecular flexibility index (Phi) is 4.14. The molecule has 0 amide bonds. The van der Waals surface area contributed by atoms with E-state index in [1.54, 1.807) is 17.8 Å². The van der Waals surface area contributed by atoms with Crippen LogP contribution in [0.15, 0.2) is 28.3 Å². The highest BCUT2D eigenvalue weighted by Gasteiger charge is 2.12. The van der Waals surface area contributed by atoms with E-state index in [1.807, 2.05) is 14.1 Å². The lowest BCUT2D eigenvalue weighted by Crippen LogP contribution is -2.14. The second kappa shape index (κ2) is 5.49. The minimum atomic E-state index is -4.17. The molecule has 0 saturated heterocycles. The number of rotatable bonds is 5. The lowest BCUT2D eigenvalue weighted by molar-refractivity contribution is 0.437. The summed E-state index contributed by atoms with van der Waals surface area (Å²) >= 11 is 1.57. The van der Waals surface area contributed by atoms with E-state index in [-0.39, 0.29) is 4.90 Å². The number of fused-ring (bicyclic) bond motifs is 1. The molecule has 0 radical (unpaired) electrons. The number of aromatic amines is 1. The van der Waals surface area contributed by atoms with Gasteiger partial charge < -0.3 is 9.88 Å². The molecule has 104 valence electrons. The van der Waals surface area contributed by atoms with Gasteiger partial charge in [0.1, 0.15) is 0 Å². The number of H-pyrrole nitrogens is 1. The molecule has 2 rings (SSSR count). The number of aromatic nitrogens is 2. The molecule has 0 bridgehead atoms. The third-order valence-electron chi connectivity index (χ3n) is 2.51. The van der Waals surface area contributed by atoms with Crippen LogP contribution in [0.2, 0.25) is 0 Å². The Bertz CT molecular complexity index is 680. The maximum Gasteiger partial charge on any atom is 0.294 e. The number of hydrogen-bond acceptors (Lipinski definition) is 5. The quantitative estimate of drug-likeness (QED) is 0.642. The van der Waals surface area contributed by atoms with Crippen molar-refractivity contribution in [1.29, 1.82) is 0 Å². The van der Waals surface area contributed by atoms with Crippen LogP contribution >= 0.6 is 11.8 Å². The summed E-state index contributed by atoms with van der Waals surface area (Å²) < 4.78 is 31.1. The van der Waals surface area contributed by atoms with Crippen molar-refractivity contribution >= 4 is 32.9 Å². The van der Waals surface area contributed by atoms with Crippen LogP contribution in [0.4, 0.5) is 0 Å². The first-order chi connectivity index (χ1) is 8.86. The van der Waals surface area contributed by atoms with Crippen LogP contribution < -0.4 is 0 Å². The van der Waals surface area contributed by atoms with Crippen LogP contribution in [-0.4, -0.2) is 54.2 Å². The fraction of sp³-hybridized carbons (Fsp3) is 0.364. The van der Waals surface area contributed by atoms with Crippen LogP contribution in [0.25, 0.3) is 11.0 Å². The van der Waals surface area contributed by atoms with Gasteiger partial charge in [0.15, 0.2) is 5.16 Å². The molecule has 6 nitrogen and oxygen atoms in total. The van der Waals surface area contributed by atoms with Gasteiger partial charge in [-0.15, -0.1) is 0 Å². The molecule has 0 spiro atoms. The van der Waals surface area contributed by atoms with E-state index in [0.717, 1.165) is 17.5 Å². The minimum Gasteiger partial charge on any atom is -0.333 e. The van der Waals surface area contributed by atoms with Crippen molar-refractivity contribution in [3.63, 3.8) is 0 Å². The highest BCUT2D eigenvalue weighted by molar-refractivity contribution is 7.99. The summed E-state index contributed by atoms with van der Waals surface area (Å²) in [6.07, 6.45) is 0. The summed E-state index contributed by atoms with van der Waals surface area (Å²) in [5, 5.41) is 0.740. The number of imidazole rings is 1. The molecule has 1 heterocycles. The Morgan fingerprint density at radius 1 is 1.42 bits per heavy atom. The van der Waals surface area contributed by atoms with Crippen LogP contribution in [0.1, 0.15) is 0 Å². The Hall–Kier alpha value is -1.09. The minimum absolute atomic E-state index is 0.131. The van der Waals surface area contributed by atoms with Gasteiger partial charge in [-0.05, 0) is 32.3 Å². The Balaban J connectivity index is 2.21. The number of benzene rings is 1. The zero-order valence-corrected chi connectivity index (χ0v) is 12.3. The third-order valence-corrected chi connectivity index (χ3v) is 4.21. The highest BCUT2D eigenvalue weighted by Crippen LogP contribution is 2.21. The third kappa shape index (κ3) is 3.69. The van der Waals surface area contributed by atoms with Gasteiger partial charge in [0.2, 0.25) is 0 Å². The van der Waals surface area contributed by atoms with E-state index < -0.39 is 10.1 Å². The predicted molar refractivity (Wildman–Crippen MR) is 75.2 cm³/mol. The van der Waals surface area contributed by atoms with E-state index >= 15 is 0 Å². The zero-order valence-electron chi connectivity index (χ0n) is 10.6. The first-order valence-electron chi connectivity index (χ1n) is 5.61. The van der Waals surface area contributed by atoms with Gasteiger partial charge in [0.05, 0.1) is 15.9 Å². The van der Waals surface area contributed by atoms with Crippen molar-refractivity contribution in [2.45, 2.75) is 10.1 Å². The molecular formula is C11H15N3O3S2. The SMILES string of the molecule is CN(C)CCSc1nc2ccc(S(=O)(=O)O)cc2[nH]1. The maximum absolute atomic E-state index is 11.0. The molecule has 1 aromatic carbocycles. The molecule has 0 aliphatic carbocycles. The van der Waals surface area contributed by atoms with Crippen molar-refractivity contribution < 1.29 is 13.0 Å². The van der Waals surface area contributed by atoms with Gasteiger partial charge in [0, 0.05) is 12.3 Å². The zero-order chi connectivity index (χ0) is 14.0. The van der Waals surface area contributed by atoms with Crippen LogP contribution in [0, 0.1) is 0 Å². The molecule has 2 N–H and O–H groups in total. The number of nitrogens with one attached hydrogen (secondary N) is 1. The fourth-order valence-corrected chi connectivity index (χ4v) is 3.02. The summed E-state index contributed by atoms with van der Waals surface area (Å²) in [4.78, 5) is 9.33. The van der Waals surface area contributed by atoms with E-state index in [1.165, 1.54) is 12.1 Å². The lowest BCUT2D eigenvalue weighted by Gasteiger charge is -2.06. The normalized spacial score (nSPS) is 12.4. The number of thioether (sulfide) groups is 1. The van der Waals surface area contributed by atoms with E-state index in [4.69, 9.17) is 4.55 Å². The summed E-state index contributed by atoms with van der Waals surface area (Å²) in [7, 11) is -0.179. The molecule has 0 aliphatic rings. The molecule has 0 fully saturated rings. The Morgan fingerprint density at radius 2 is 2.16 bits per heavy atom. The van der Waals surface area contributed by atoms with Crippen molar-refractivity contribution in [2.24, 2.45) is 0 Å². The van der Waals surface area contributed by atoms with Gasteiger partial charge in [-0.1, -0.05) is 11.8 Å². The average molecular weight is 301 g/mol. The fourth-order valence-electron chi connectivity index (χ4n) is 1.52. The van der Waals surface area contributed by atoms with Crippen LogP contribution in [0.3, 0.4) is 0 Å². The topological polar surface area (TPSA) is 86.3 Å². The first kappa shape index (κ1) is 14.3. The molecule has 8 heteroatoms. The van der Waals surface area contributed by atoms with Crippen LogP contribution in [0.5, 0.6) is 0 Å². The van der Waals surface area contributed by atoms with Gasteiger partial charge in [0.25, 0.3) is 10.1 Å². The predicted octanol–water partition coefficient (Wildman–Crippen LogP) is 1.46. The van der Waals surface area contributed by atoms with E-state index in [0.29, 0.717) is 11.0 Å². The summed E-state index contributed by atoms with van der Waals surface area (Å²) in [5.41, 5.74) is 1.28. The molecule has 19 heavy (non-hydrogen) atoms. The Morgan fingerprint density at radius 3 is 2.79 bits per heavy atom. The second-order valence-corrected chi connectivity index (χ2v) is 6.85. The lowest BCUT2D eigenvalue weighted by atomic mass is 10.3. The van der Waals surface area contributed by atoms with Gasteiger partial charge >= 0.3 is 0 Å². The summed E-state index contributed by atoms with van der Waals surface area (Å²) in [6.45, 7) is 0.929. The van der Waals surface area contributed by atoms with Crippen molar-refractivity contribution in [1.82, 2.24) is 14.9 Å².